The van der Waals surface area contributed by atoms with Crippen molar-refractivity contribution in [3.63, 3.8) is 0 Å². The molecule has 0 unspecified atom stereocenters. The van der Waals surface area contributed by atoms with Gasteiger partial charge < -0.3 is 5.32 Å². The van der Waals surface area contributed by atoms with Crippen LogP contribution in [0.15, 0.2) is 58.4 Å². The molecule has 22 heavy (non-hydrogen) atoms. The zero-order chi connectivity index (χ0) is 15.5. The number of carbonyl (C=O) groups excluding carboxylic acids is 1. The molecule has 1 amide bonds. The number of rotatable bonds is 2. The molecular formula is C17H13FN2OS. The topological polar surface area (TPSA) is 41.5 Å². The molecular weight excluding hydrogens is 299 g/mol. The van der Waals surface area contributed by atoms with Gasteiger partial charge in [-0.05, 0) is 60.2 Å². The van der Waals surface area contributed by atoms with Crippen molar-refractivity contribution in [1.29, 1.82) is 0 Å². The summed E-state index contributed by atoms with van der Waals surface area (Å²) in [7, 11) is 0. The number of amides is 1. The van der Waals surface area contributed by atoms with E-state index in [0.717, 1.165) is 16.8 Å². The number of benzene rings is 2. The number of nitrogens with one attached hydrogen (secondary N) is 1. The Bertz CT molecular complexity index is 782. The van der Waals surface area contributed by atoms with Crippen LogP contribution in [0, 0.1) is 12.7 Å². The van der Waals surface area contributed by atoms with Crippen LogP contribution < -0.4 is 5.32 Å². The van der Waals surface area contributed by atoms with E-state index in [-0.39, 0.29) is 11.7 Å². The summed E-state index contributed by atoms with van der Waals surface area (Å²) in [5.41, 5.74) is 2.68. The smallest absolute Gasteiger partial charge is 0.264 e. The summed E-state index contributed by atoms with van der Waals surface area (Å²) in [6, 6.07) is 13.7. The fourth-order valence-corrected chi connectivity index (χ4v) is 2.85. The number of thioether (sulfide) groups is 1. The quantitative estimate of drug-likeness (QED) is 0.851. The second kappa shape index (κ2) is 6.15. The van der Waals surface area contributed by atoms with Gasteiger partial charge in [-0.2, -0.15) is 0 Å². The molecule has 1 aliphatic heterocycles. The van der Waals surface area contributed by atoms with Gasteiger partial charge in [0.05, 0.1) is 10.6 Å². The van der Waals surface area contributed by atoms with Crippen molar-refractivity contribution in [3.8, 4) is 0 Å². The van der Waals surface area contributed by atoms with E-state index in [1.807, 2.05) is 31.2 Å². The third kappa shape index (κ3) is 3.43. The van der Waals surface area contributed by atoms with Crippen LogP contribution >= 0.6 is 11.8 Å². The highest BCUT2D eigenvalue weighted by atomic mass is 32.2. The Labute approximate surface area is 132 Å². The van der Waals surface area contributed by atoms with Gasteiger partial charge in [0.25, 0.3) is 5.91 Å². The summed E-state index contributed by atoms with van der Waals surface area (Å²) >= 11 is 1.28. The summed E-state index contributed by atoms with van der Waals surface area (Å²) in [6.07, 6.45) is 1.72. The third-order valence-electron chi connectivity index (χ3n) is 3.05. The highest BCUT2D eigenvalue weighted by Crippen LogP contribution is 2.28. The van der Waals surface area contributed by atoms with Crippen LogP contribution in [0.1, 0.15) is 11.1 Å². The van der Waals surface area contributed by atoms with Crippen LogP contribution in [0.25, 0.3) is 6.08 Å². The van der Waals surface area contributed by atoms with E-state index in [2.05, 4.69) is 10.3 Å². The van der Waals surface area contributed by atoms with E-state index in [4.69, 9.17) is 0 Å². The highest BCUT2D eigenvalue weighted by molar-refractivity contribution is 8.18. The van der Waals surface area contributed by atoms with Crippen LogP contribution in [-0.4, -0.2) is 11.1 Å². The normalized spacial score (nSPS) is 18.0. The number of aryl methyl sites for hydroxylation is 1. The van der Waals surface area contributed by atoms with Crippen LogP contribution in [0.3, 0.4) is 0 Å². The van der Waals surface area contributed by atoms with Crippen LogP contribution in [0.5, 0.6) is 0 Å². The number of aliphatic imine (C=N–C) groups is 1. The molecule has 0 spiro atoms. The number of halogens is 1. The maximum absolute atomic E-state index is 12.9. The maximum atomic E-state index is 12.9. The van der Waals surface area contributed by atoms with E-state index in [1.54, 1.807) is 18.2 Å². The Balaban J connectivity index is 1.82. The van der Waals surface area contributed by atoms with Crippen LogP contribution in [0.2, 0.25) is 0 Å². The lowest BCUT2D eigenvalue weighted by atomic mass is 10.2. The fourth-order valence-electron chi connectivity index (χ4n) is 2.01. The lowest BCUT2D eigenvalue weighted by molar-refractivity contribution is -0.115. The van der Waals surface area contributed by atoms with Gasteiger partial charge in [-0.25, -0.2) is 9.38 Å². The minimum absolute atomic E-state index is 0.194. The average Bonchev–Trinajstić information content (AvgIpc) is 2.81. The van der Waals surface area contributed by atoms with Crippen molar-refractivity contribution < 1.29 is 9.18 Å². The predicted octanol–water partition coefficient (Wildman–Crippen LogP) is 4.03. The molecule has 2 aromatic carbocycles. The molecule has 0 aliphatic carbocycles. The maximum Gasteiger partial charge on any atom is 0.264 e. The van der Waals surface area contributed by atoms with Crippen LogP contribution in [-0.2, 0) is 4.79 Å². The largest absolute Gasteiger partial charge is 0.300 e. The molecule has 1 fully saturated rings. The monoisotopic (exact) mass is 312 g/mol. The molecule has 3 nitrogen and oxygen atoms in total. The van der Waals surface area contributed by atoms with Crippen LogP contribution in [0.4, 0.5) is 10.1 Å². The van der Waals surface area contributed by atoms with E-state index < -0.39 is 0 Å². The van der Waals surface area contributed by atoms with Crippen molar-refractivity contribution >= 4 is 34.6 Å². The Morgan fingerprint density at radius 3 is 2.68 bits per heavy atom. The first-order valence-corrected chi connectivity index (χ1v) is 7.54. The molecule has 1 heterocycles. The minimum Gasteiger partial charge on any atom is -0.300 e. The van der Waals surface area contributed by atoms with Gasteiger partial charge in [0.15, 0.2) is 5.17 Å². The minimum atomic E-state index is -0.299. The van der Waals surface area contributed by atoms with Gasteiger partial charge in [-0.15, -0.1) is 0 Å². The number of carbonyl (C=O) groups is 1. The molecule has 110 valence electrons. The Morgan fingerprint density at radius 1 is 1.18 bits per heavy atom. The number of amidine groups is 1. The molecule has 2 aromatic rings. The Hall–Kier alpha value is -2.40. The summed E-state index contributed by atoms with van der Waals surface area (Å²) in [6.45, 7) is 1.99. The first-order chi connectivity index (χ1) is 10.6. The standard InChI is InChI=1S/C17H13FN2OS/c1-11-3-2-4-14(9-11)19-17-20-16(21)15(22-17)10-12-5-7-13(18)8-6-12/h2-10H,1H3,(H,19,20,21)/b15-10+. The SMILES string of the molecule is Cc1cccc(N=C2NC(=O)/C(=C\c3ccc(F)cc3)S2)c1. The zero-order valence-corrected chi connectivity index (χ0v) is 12.7. The van der Waals surface area contributed by atoms with E-state index in [0.29, 0.717) is 10.1 Å². The van der Waals surface area contributed by atoms with Gasteiger partial charge in [0.2, 0.25) is 0 Å². The molecule has 0 bridgehead atoms. The van der Waals surface area contributed by atoms with Crippen molar-refractivity contribution in [3.05, 3.63) is 70.4 Å². The summed E-state index contributed by atoms with van der Waals surface area (Å²) < 4.78 is 12.9. The molecule has 1 aliphatic rings. The molecule has 0 atom stereocenters. The highest BCUT2D eigenvalue weighted by Gasteiger charge is 2.23. The van der Waals surface area contributed by atoms with Crippen molar-refractivity contribution in [1.82, 2.24) is 5.32 Å². The number of hydrogen-bond donors (Lipinski definition) is 1. The van der Waals surface area contributed by atoms with E-state index in [9.17, 15) is 9.18 Å². The molecule has 0 radical (unpaired) electrons. The van der Waals surface area contributed by atoms with Gasteiger partial charge in [-0.3, -0.25) is 4.79 Å². The van der Waals surface area contributed by atoms with Crippen molar-refractivity contribution in [2.45, 2.75) is 6.92 Å². The second-order valence-electron chi connectivity index (χ2n) is 4.87. The lowest BCUT2D eigenvalue weighted by Gasteiger charge is -1.97. The first kappa shape index (κ1) is 14.5. The predicted molar refractivity (Wildman–Crippen MR) is 88.4 cm³/mol. The average molecular weight is 312 g/mol. The Morgan fingerprint density at radius 2 is 1.95 bits per heavy atom. The number of nitrogens with zero attached hydrogens (tertiary/aromatic N) is 1. The summed E-state index contributed by atoms with van der Waals surface area (Å²) in [5, 5.41) is 3.28. The van der Waals surface area contributed by atoms with E-state index >= 15 is 0 Å². The first-order valence-electron chi connectivity index (χ1n) is 6.72. The van der Waals surface area contributed by atoms with E-state index in [1.165, 1.54) is 23.9 Å². The zero-order valence-electron chi connectivity index (χ0n) is 11.8. The van der Waals surface area contributed by atoms with Gasteiger partial charge in [-0.1, -0.05) is 24.3 Å². The molecule has 0 aromatic heterocycles. The lowest BCUT2D eigenvalue weighted by Crippen LogP contribution is -2.19. The molecule has 1 saturated heterocycles. The van der Waals surface area contributed by atoms with Gasteiger partial charge >= 0.3 is 0 Å². The Kier molecular flexibility index (Phi) is 4.06. The summed E-state index contributed by atoms with van der Waals surface area (Å²) in [4.78, 5) is 16.9. The fraction of sp³-hybridized carbons (Fsp3) is 0.0588. The summed E-state index contributed by atoms with van der Waals surface area (Å²) in [5.74, 6) is -0.492. The van der Waals surface area contributed by atoms with Gasteiger partial charge in [0.1, 0.15) is 5.82 Å². The van der Waals surface area contributed by atoms with Crippen molar-refractivity contribution in [2.75, 3.05) is 0 Å². The molecule has 1 N–H and O–H groups in total. The second-order valence-corrected chi connectivity index (χ2v) is 5.90. The molecule has 5 heteroatoms. The molecule has 0 saturated carbocycles. The molecule has 3 rings (SSSR count). The van der Waals surface area contributed by atoms with Gasteiger partial charge in [0, 0.05) is 0 Å². The van der Waals surface area contributed by atoms with Crippen molar-refractivity contribution in [2.24, 2.45) is 4.99 Å². The number of hydrogen-bond acceptors (Lipinski definition) is 3. The third-order valence-corrected chi connectivity index (χ3v) is 3.96.